The monoisotopic (exact) mass is 1870 g/mol. The van der Waals surface area contributed by atoms with Gasteiger partial charge in [-0.05, 0) is 217 Å². The van der Waals surface area contributed by atoms with E-state index in [1.807, 2.05) is 120 Å². The van der Waals surface area contributed by atoms with E-state index in [4.69, 9.17) is 29.9 Å². The van der Waals surface area contributed by atoms with Gasteiger partial charge in [-0.25, -0.2) is 29.9 Å². The standard InChI is InChI=1S/C69H41N5S.C63H39N5S/c1-3-15-42(16-4-1)67-70-68(43-17-5-2-6-18-43)72-69(71-67)46-27-32-51-49-19-7-8-20-50(49)52-33-30-47(40-57(52)56(51)39-46)73-61-24-12-9-21-53(61)58-37-44(28-34-63(58)73)45-29-35-64-59(38-45)54-22-10-13-25-62(54)74(64)48-31-36-66-60(41-48)55-23-11-14-26-65(55)75-66;1-3-13-42(14-4-1)61-64-62(43-15-5-2-6-16-43)66-63(65-61)44-25-23-40(24-26-44)41-27-31-47(32-28-41)67-55-20-10-7-17-49(55)52-37-45(29-34-57(52)67)46-30-35-58-53(38-46)50-18-8-11-21-56(50)68(58)48-33-36-60-54(39-48)51-19-9-12-22-59(51)69-60/h1-41H;1-39H. The molecule has 0 amide bonds. The smallest absolute Gasteiger partial charge is 0.164 e. The highest BCUT2D eigenvalue weighted by Gasteiger charge is 2.25. The lowest BCUT2D eigenvalue weighted by molar-refractivity contribution is 1.07. The Balaban J connectivity index is 0.000000137. The van der Waals surface area contributed by atoms with Crippen molar-refractivity contribution >= 4 is 183 Å². The van der Waals surface area contributed by atoms with Crippen LogP contribution in [0.1, 0.15) is 0 Å². The third kappa shape index (κ3) is 13.7. The summed E-state index contributed by atoms with van der Waals surface area (Å²) < 4.78 is 15.0. The average molecular weight is 1870 g/mol. The average Bonchev–Trinajstić information content (AvgIpc) is 1.00. The number of benzene rings is 22. The number of nitrogens with zero attached hydrogens (tertiary/aromatic N) is 10. The van der Waals surface area contributed by atoms with E-state index in [-0.39, 0.29) is 0 Å². The Morgan fingerprint density at radius 3 is 0.694 bits per heavy atom. The van der Waals surface area contributed by atoms with E-state index in [2.05, 4.69) is 407 Å². The third-order valence-corrected chi connectivity index (χ3v) is 31.2. The summed E-state index contributed by atoms with van der Waals surface area (Å²) in [6, 6.07) is 175. The molecule has 0 aliphatic heterocycles. The van der Waals surface area contributed by atoms with Gasteiger partial charge < -0.3 is 18.3 Å². The number of para-hydroxylation sites is 4. The van der Waals surface area contributed by atoms with Crippen LogP contribution in [0.5, 0.6) is 0 Å². The Bertz CT molecular complexity index is 10400. The molecule has 0 N–H and O–H groups in total. The lowest BCUT2D eigenvalue weighted by Gasteiger charge is -2.15. The van der Waals surface area contributed by atoms with Crippen LogP contribution >= 0.6 is 22.7 Å². The second kappa shape index (κ2) is 33.5. The highest BCUT2D eigenvalue weighted by atomic mass is 32.1. The molecule has 30 aromatic rings. The molecular formula is C132H80N10S2. The zero-order valence-corrected chi connectivity index (χ0v) is 79.1. The van der Waals surface area contributed by atoms with Crippen LogP contribution in [0.2, 0.25) is 0 Å². The maximum Gasteiger partial charge on any atom is 0.164 e. The van der Waals surface area contributed by atoms with Crippen molar-refractivity contribution in [1.29, 1.82) is 0 Å². The van der Waals surface area contributed by atoms with Crippen LogP contribution in [0, 0.1) is 0 Å². The van der Waals surface area contributed by atoms with Crippen molar-refractivity contribution in [3.05, 3.63) is 485 Å². The maximum atomic E-state index is 5.13. The maximum absolute atomic E-state index is 5.13. The first kappa shape index (κ1) is 82.4. The number of fused-ring (bicyclic) bond motifs is 24. The van der Waals surface area contributed by atoms with Crippen LogP contribution in [-0.4, -0.2) is 48.2 Å². The van der Waals surface area contributed by atoms with Crippen LogP contribution in [0.25, 0.3) is 284 Å². The van der Waals surface area contributed by atoms with E-state index < -0.39 is 0 Å². The second-order valence-corrected chi connectivity index (χ2v) is 39.3. The van der Waals surface area contributed by atoms with Crippen LogP contribution in [0.4, 0.5) is 0 Å². The van der Waals surface area contributed by atoms with Gasteiger partial charge in [0.05, 0.1) is 44.1 Å². The van der Waals surface area contributed by atoms with Gasteiger partial charge in [0.15, 0.2) is 34.9 Å². The molecule has 0 fully saturated rings. The number of thiophene rings is 2. The number of hydrogen-bond donors (Lipinski definition) is 0. The Morgan fingerprint density at radius 1 is 0.118 bits per heavy atom. The molecule has 144 heavy (non-hydrogen) atoms. The molecule has 12 heteroatoms. The van der Waals surface area contributed by atoms with E-state index in [1.165, 1.54) is 177 Å². The summed E-state index contributed by atoms with van der Waals surface area (Å²) in [4.78, 5) is 30.0. The first-order chi connectivity index (χ1) is 71.3. The van der Waals surface area contributed by atoms with E-state index in [0.717, 1.165) is 72.3 Å². The molecule has 10 nitrogen and oxygen atoms in total. The van der Waals surface area contributed by atoms with Crippen molar-refractivity contribution in [3.8, 4) is 124 Å². The van der Waals surface area contributed by atoms with Gasteiger partial charge in [0.2, 0.25) is 0 Å². The van der Waals surface area contributed by atoms with Crippen molar-refractivity contribution in [2.24, 2.45) is 0 Å². The molecule has 30 rings (SSSR count). The first-order valence-corrected chi connectivity index (χ1v) is 50.3. The summed E-state index contributed by atoms with van der Waals surface area (Å²) in [6.07, 6.45) is 0. The molecule has 0 aliphatic carbocycles. The molecule has 8 heterocycles. The van der Waals surface area contributed by atoms with Crippen molar-refractivity contribution in [1.82, 2.24) is 48.2 Å². The molecule has 0 aliphatic rings. The highest BCUT2D eigenvalue weighted by molar-refractivity contribution is 7.26. The fourth-order valence-electron chi connectivity index (χ4n) is 22.1. The van der Waals surface area contributed by atoms with Gasteiger partial charge in [0.1, 0.15) is 0 Å². The summed E-state index contributed by atoms with van der Waals surface area (Å²) in [7, 11) is 0. The summed E-state index contributed by atoms with van der Waals surface area (Å²) >= 11 is 3.72. The largest absolute Gasteiger partial charge is 0.309 e. The topological polar surface area (TPSA) is 97.1 Å². The molecule has 0 radical (unpaired) electrons. The van der Waals surface area contributed by atoms with Crippen LogP contribution in [0.3, 0.4) is 0 Å². The SMILES string of the molecule is c1ccc(-c2nc(-c3ccccc3)nc(-c3ccc(-c4ccc(-n5c6ccccc6c6cc(-c7ccc8c(c7)c7ccccc7n8-c7ccc8sc9ccccc9c8c7)ccc65)cc4)cc3)n2)cc1.c1ccc(-c2nc(-c3ccccc3)nc(-c3ccc4c5ccccc5c5ccc(-n6c7ccccc7c7cc(-c8ccc9c(c8)c8ccccc8n9-c8ccc9sc%10ccccc%10c9c8)ccc76)cc5c4c3)n2)cc1. The van der Waals surface area contributed by atoms with Crippen molar-refractivity contribution in [2.45, 2.75) is 0 Å². The van der Waals surface area contributed by atoms with Crippen LogP contribution in [0.15, 0.2) is 485 Å². The van der Waals surface area contributed by atoms with Gasteiger partial charge in [-0.2, -0.15) is 0 Å². The molecule has 670 valence electrons. The van der Waals surface area contributed by atoms with Gasteiger partial charge >= 0.3 is 0 Å². The second-order valence-electron chi connectivity index (χ2n) is 37.1. The summed E-state index contributed by atoms with van der Waals surface area (Å²) in [5.74, 6) is 3.87. The molecule has 22 aromatic carbocycles. The van der Waals surface area contributed by atoms with Gasteiger partial charge in [0, 0.05) is 140 Å². The lowest BCUT2D eigenvalue weighted by Crippen LogP contribution is -2.00. The summed E-state index contributed by atoms with van der Waals surface area (Å²) in [5, 5.41) is 22.2. The van der Waals surface area contributed by atoms with Crippen molar-refractivity contribution in [2.75, 3.05) is 0 Å². The molecule has 0 atom stereocenters. The Hall–Kier alpha value is -18.7. The minimum Gasteiger partial charge on any atom is -0.309 e. The Kier molecular flexibility index (Phi) is 19.2. The summed E-state index contributed by atoms with van der Waals surface area (Å²) in [5.41, 5.74) is 26.7. The number of aromatic nitrogens is 10. The minimum absolute atomic E-state index is 0.634. The zero-order chi connectivity index (χ0) is 94.6. The quantitative estimate of drug-likeness (QED) is 0.107. The van der Waals surface area contributed by atoms with E-state index in [9.17, 15) is 0 Å². The zero-order valence-electron chi connectivity index (χ0n) is 77.5. The molecule has 0 saturated carbocycles. The van der Waals surface area contributed by atoms with Gasteiger partial charge in [0.25, 0.3) is 0 Å². The Labute approximate surface area is 834 Å². The normalized spacial score (nSPS) is 11.9. The molecule has 0 unspecified atom stereocenters. The highest BCUT2D eigenvalue weighted by Crippen LogP contribution is 2.48. The third-order valence-electron chi connectivity index (χ3n) is 28.9. The van der Waals surface area contributed by atoms with Gasteiger partial charge in [-0.15, -0.1) is 22.7 Å². The first-order valence-electron chi connectivity index (χ1n) is 48.7. The van der Waals surface area contributed by atoms with E-state index in [0.29, 0.717) is 34.9 Å². The van der Waals surface area contributed by atoms with Crippen molar-refractivity contribution in [3.63, 3.8) is 0 Å². The van der Waals surface area contributed by atoms with E-state index in [1.54, 1.807) is 0 Å². The predicted octanol–water partition coefficient (Wildman–Crippen LogP) is 35.3. The van der Waals surface area contributed by atoms with Gasteiger partial charge in [-0.1, -0.05) is 334 Å². The van der Waals surface area contributed by atoms with Crippen LogP contribution in [-0.2, 0) is 0 Å². The Morgan fingerprint density at radius 2 is 0.333 bits per heavy atom. The molecule has 0 spiro atoms. The minimum atomic E-state index is 0.634. The fourth-order valence-corrected chi connectivity index (χ4v) is 24.3. The molecule has 0 saturated heterocycles. The van der Waals surface area contributed by atoms with Crippen molar-refractivity contribution < 1.29 is 0 Å². The van der Waals surface area contributed by atoms with Gasteiger partial charge in [-0.3, -0.25) is 0 Å². The van der Waals surface area contributed by atoms with Crippen LogP contribution < -0.4 is 0 Å². The lowest BCUT2D eigenvalue weighted by atomic mass is 9.93. The van der Waals surface area contributed by atoms with E-state index >= 15 is 0 Å². The molecule has 0 bridgehead atoms. The summed E-state index contributed by atoms with van der Waals surface area (Å²) in [6.45, 7) is 0. The fraction of sp³-hybridized carbons (Fsp3) is 0. The predicted molar refractivity (Wildman–Crippen MR) is 604 cm³/mol. The molecule has 8 aromatic heterocycles. The molecular weight excluding hydrogens is 1790 g/mol. The number of rotatable bonds is 13. The number of hydrogen-bond acceptors (Lipinski definition) is 8.